The van der Waals surface area contributed by atoms with E-state index in [0.29, 0.717) is 0 Å². The Hall–Kier alpha value is -2.35. The quantitative estimate of drug-likeness (QED) is 0.758. The van der Waals surface area contributed by atoms with Crippen LogP contribution in [-0.2, 0) is 11.2 Å². The Balaban J connectivity index is 1.79. The summed E-state index contributed by atoms with van der Waals surface area (Å²) < 4.78 is 0. The van der Waals surface area contributed by atoms with Crippen LogP contribution in [0.25, 0.3) is 6.08 Å². The topological polar surface area (TPSA) is 20.3 Å². The Labute approximate surface area is 119 Å². The van der Waals surface area contributed by atoms with Crippen LogP contribution in [0.5, 0.6) is 0 Å². The van der Waals surface area contributed by atoms with Gasteiger partial charge in [-0.2, -0.15) is 0 Å². The first kappa shape index (κ1) is 12.7. The van der Waals surface area contributed by atoms with E-state index in [9.17, 15) is 4.79 Å². The molecule has 0 aliphatic carbocycles. The zero-order valence-corrected chi connectivity index (χ0v) is 11.5. The summed E-state index contributed by atoms with van der Waals surface area (Å²) in [5, 5.41) is 0. The Kier molecular flexibility index (Phi) is 3.38. The first-order chi connectivity index (χ1) is 9.74. The van der Waals surface area contributed by atoms with Gasteiger partial charge in [0.2, 0.25) is 0 Å². The second kappa shape index (κ2) is 5.33. The third-order valence-corrected chi connectivity index (χ3v) is 3.61. The van der Waals surface area contributed by atoms with Crippen LogP contribution in [0.15, 0.2) is 54.6 Å². The molecule has 2 heteroatoms. The number of carbonyl (C=O) groups is 1. The van der Waals surface area contributed by atoms with Crippen LogP contribution in [0.1, 0.15) is 16.7 Å². The largest absolute Gasteiger partial charge is 0.308 e. The summed E-state index contributed by atoms with van der Waals surface area (Å²) in [5.41, 5.74) is 4.62. The molecular formula is C18H17NO. The van der Waals surface area contributed by atoms with Crippen LogP contribution in [-0.4, -0.2) is 12.5 Å². The molecule has 0 radical (unpaired) electrons. The number of amides is 1. The molecule has 2 nitrogen and oxygen atoms in total. The molecule has 0 N–H and O–H groups in total. The molecule has 1 aliphatic heterocycles. The van der Waals surface area contributed by atoms with E-state index in [1.165, 1.54) is 11.1 Å². The number of hydrogen-bond donors (Lipinski definition) is 0. The highest BCUT2D eigenvalue weighted by Crippen LogP contribution is 2.28. The standard InChI is InChI=1S/C18H17NO/c1-14-7-9-17-16(13-14)11-12-19(17)18(20)10-8-15-5-3-2-4-6-15/h2-10,13H,11-12H2,1H3/b10-8+. The predicted molar refractivity (Wildman–Crippen MR) is 82.7 cm³/mol. The van der Waals surface area contributed by atoms with Crippen molar-refractivity contribution in [3.63, 3.8) is 0 Å². The molecule has 0 bridgehead atoms. The van der Waals surface area contributed by atoms with Gasteiger partial charge in [0, 0.05) is 18.3 Å². The van der Waals surface area contributed by atoms with Crippen LogP contribution in [0.2, 0.25) is 0 Å². The predicted octanol–water partition coefficient (Wildman–Crippen LogP) is 3.60. The summed E-state index contributed by atoms with van der Waals surface area (Å²) in [5.74, 6) is 0.0523. The van der Waals surface area contributed by atoms with Gasteiger partial charge in [0.05, 0.1) is 0 Å². The van der Waals surface area contributed by atoms with Crippen LogP contribution >= 0.6 is 0 Å². The van der Waals surface area contributed by atoms with Gasteiger partial charge in [0.15, 0.2) is 0 Å². The monoisotopic (exact) mass is 263 g/mol. The van der Waals surface area contributed by atoms with E-state index in [4.69, 9.17) is 0 Å². The molecule has 0 aromatic heterocycles. The Morgan fingerprint density at radius 2 is 1.95 bits per heavy atom. The molecule has 0 saturated heterocycles. The lowest BCUT2D eigenvalue weighted by Gasteiger charge is -2.15. The van der Waals surface area contributed by atoms with E-state index in [2.05, 4.69) is 19.1 Å². The normalized spacial score (nSPS) is 13.8. The number of fused-ring (bicyclic) bond motifs is 1. The van der Waals surface area contributed by atoms with Gasteiger partial charge in [-0.3, -0.25) is 4.79 Å². The van der Waals surface area contributed by atoms with Gasteiger partial charge in [-0.1, -0.05) is 48.0 Å². The molecule has 100 valence electrons. The minimum atomic E-state index is 0.0523. The van der Waals surface area contributed by atoms with Crippen LogP contribution < -0.4 is 4.90 Å². The second-order valence-corrected chi connectivity index (χ2v) is 5.12. The molecule has 0 unspecified atom stereocenters. The lowest BCUT2D eigenvalue weighted by molar-refractivity contribution is -0.114. The van der Waals surface area contributed by atoms with Crippen molar-refractivity contribution in [2.75, 3.05) is 11.4 Å². The Morgan fingerprint density at radius 1 is 1.15 bits per heavy atom. The molecule has 1 heterocycles. The molecule has 0 spiro atoms. The molecular weight excluding hydrogens is 246 g/mol. The number of anilines is 1. The highest BCUT2D eigenvalue weighted by Gasteiger charge is 2.22. The van der Waals surface area contributed by atoms with Crippen molar-refractivity contribution >= 4 is 17.7 Å². The molecule has 20 heavy (non-hydrogen) atoms. The fourth-order valence-corrected chi connectivity index (χ4v) is 2.58. The van der Waals surface area contributed by atoms with Gasteiger partial charge in [-0.25, -0.2) is 0 Å². The minimum Gasteiger partial charge on any atom is -0.308 e. The van der Waals surface area contributed by atoms with E-state index >= 15 is 0 Å². The fourth-order valence-electron chi connectivity index (χ4n) is 2.58. The maximum absolute atomic E-state index is 12.3. The fraction of sp³-hybridized carbons (Fsp3) is 0.167. The molecule has 0 saturated carbocycles. The summed E-state index contributed by atoms with van der Waals surface area (Å²) in [6.45, 7) is 2.86. The maximum Gasteiger partial charge on any atom is 0.251 e. The Morgan fingerprint density at radius 3 is 2.75 bits per heavy atom. The van der Waals surface area contributed by atoms with Gasteiger partial charge in [-0.05, 0) is 36.6 Å². The molecule has 1 aliphatic rings. The summed E-state index contributed by atoms with van der Waals surface area (Å²) in [4.78, 5) is 14.2. The van der Waals surface area contributed by atoms with Gasteiger partial charge in [0.25, 0.3) is 5.91 Å². The van der Waals surface area contributed by atoms with Crippen LogP contribution in [0, 0.1) is 6.92 Å². The van der Waals surface area contributed by atoms with E-state index in [0.717, 1.165) is 24.2 Å². The number of benzene rings is 2. The first-order valence-electron chi connectivity index (χ1n) is 6.88. The van der Waals surface area contributed by atoms with Crippen molar-refractivity contribution in [1.29, 1.82) is 0 Å². The zero-order chi connectivity index (χ0) is 13.9. The van der Waals surface area contributed by atoms with Crippen molar-refractivity contribution < 1.29 is 4.79 Å². The summed E-state index contributed by atoms with van der Waals surface area (Å²) >= 11 is 0. The van der Waals surface area contributed by atoms with E-state index < -0.39 is 0 Å². The molecule has 3 rings (SSSR count). The van der Waals surface area contributed by atoms with Gasteiger partial charge in [-0.15, -0.1) is 0 Å². The van der Waals surface area contributed by atoms with Crippen LogP contribution in [0.3, 0.4) is 0 Å². The van der Waals surface area contributed by atoms with Crippen molar-refractivity contribution in [2.24, 2.45) is 0 Å². The first-order valence-corrected chi connectivity index (χ1v) is 6.88. The average Bonchev–Trinajstić information content (AvgIpc) is 2.89. The number of nitrogens with zero attached hydrogens (tertiary/aromatic N) is 1. The molecule has 2 aromatic rings. The van der Waals surface area contributed by atoms with E-state index in [1.807, 2.05) is 47.4 Å². The second-order valence-electron chi connectivity index (χ2n) is 5.12. The third-order valence-electron chi connectivity index (χ3n) is 3.61. The molecule has 0 atom stereocenters. The number of carbonyl (C=O) groups excluding carboxylic acids is 1. The van der Waals surface area contributed by atoms with Crippen molar-refractivity contribution in [3.05, 3.63) is 71.3 Å². The maximum atomic E-state index is 12.3. The summed E-state index contributed by atoms with van der Waals surface area (Å²) in [6.07, 6.45) is 4.47. The van der Waals surface area contributed by atoms with Gasteiger partial charge < -0.3 is 4.90 Å². The lowest BCUT2D eigenvalue weighted by atomic mass is 10.1. The number of rotatable bonds is 2. The molecule has 2 aromatic carbocycles. The molecule has 0 fully saturated rings. The smallest absolute Gasteiger partial charge is 0.251 e. The van der Waals surface area contributed by atoms with Crippen molar-refractivity contribution in [2.45, 2.75) is 13.3 Å². The van der Waals surface area contributed by atoms with Crippen molar-refractivity contribution in [1.82, 2.24) is 0 Å². The third kappa shape index (κ3) is 2.50. The highest BCUT2D eigenvalue weighted by molar-refractivity contribution is 6.05. The zero-order valence-electron chi connectivity index (χ0n) is 11.5. The average molecular weight is 263 g/mol. The lowest BCUT2D eigenvalue weighted by Crippen LogP contribution is -2.26. The van der Waals surface area contributed by atoms with Crippen LogP contribution in [0.4, 0.5) is 5.69 Å². The van der Waals surface area contributed by atoms with Gasteiger partial charge in [0.1, 0.15) is 0 Å². The number of hydrogen-bond acceptors (Lipinski definition) is 1. The van der Waals surface area contributed by atoms with E-state index in [-0.39, 0.29) is 5.91 Å². The summed E-state index contributed by atoms with van der Waals surface area (Å²) in [6, 6.07) is 16.2. The highest BCUT2D eigenvalue weighted by atomic mass is 16.2. The minimum absolute atomic E-state index is 0.0523. The van der Waals surface area contributed by atoms with Gasteiger partial charge >= 0.3 is 0 Å². The van der Waals surface area contributed by atoms with Crippen molar-refractivity contribution in [3.8, 4) is 0 Å². The van der Waals surface area contributed by atoms with E-state index in [1.54, 1.807) is 6.08 Å². The summed E-state index contributed by atoms with van der Waals surface area (Å²) in [7, 11) is 0. The molecule has 1 amide bonds. The SMILES string of the molecule is Cc1ccc2c(c1)CCN2C(=O)/C=C/c1ccccc1. The Bertz CT molecular complexity index is 658. The number of aryl methyl sites for hydroxylation is 1.